The van der Waals surface area contributed by atoms with E-state index in [9.17, 15) is 17.6 Å². The maximum atomic E-state index is 13.1. The molecule has 2 rings (SSSR count). The fourth-order valence-corrected chi connectivity index (χ4v) is 3.76. The molecule has 3 nitrogen and oxygen atoms in total. The Bertz CT molecular complexity index is 732. The molecule has 0 radical (unpaired) electrons. The van der Waals surface area contributed by atoms with Gasteiger partial charge in [-0.2, -0.15) is 0 Å². The topological polar surface area (TPSA) is 51.2 Å². The number of halogens is 1. The van der Waals surface area contributed by atoms with E-state index in [2.05, 4.69) is 0 Å². The highest BCUT2D eigenvalue weighted by Gasteiger charge is 2.13. The number of carbonyl (C=O) groups is 1. The molecule has 0 aliphatic heterocycles. The fourth-order valence-electron chi connectivity index (χ4n) is 1.87. The molecule has 0 aliphatic rings. The van der Waals surface area contributed by atoms with Crippen LogP contribution < -0.4 is 0 Å². The first-order valence-corrected chi connectivity index (χ1v) is 8.98. The van der Waals surface area contributed by atoms with Gasteiger partial charge in [0.25, 0.3) is 0 Å². The summed E-state index contributed by atoms with van der Waals surface area (Å²) >= 11 is 1.31. The van der Waals surface area contributed by atoms with E-state index in [1.165, 1.54) is 23.5 Å². The normalized spacial score (nSPS) is 11.9. The summed E-state index contributed by atoms with van der Waals surface area (Å²) in [7, 11) is -3.03. The van der Waals surface area contributed by atoms with Crippen molar-refractivity contribution in [1.82, 2.24) is 0 Å². The van der Waals surface area contributed by atoms with Gasteiger partial charge in [0.2, 0.25) is 0 Å². The SMILES string of the molecule is CCS(=O)(=O)CCCC(=O)c1cc2cc(F)ccc2s1. The van der Waals surface area contributed by atoms with E-state index in [1.54, 1.807) is 19.1 Å². The highest BCUT2D eigenvalue weighted by Crippen LogP contribution is 2.27. The summed E-state index contributed by atoms with van der Waals surface area (Å²) in [5, 5.41) is 0.708. The van der Waals surface area contributed by atoms with Crippen molar-refractivity contribution < 1.29 is 17.6 Å². The molecular weight excluding hydrogens is 299 g/mol. The van der Waals surface area contributed by atoms with Gasteiger partial charge in [0.05, 0.1) is 10.6 Å². The van der Waals surface area contributed by atoms with Gasteiger partial charge in [-0.25, -0.2) is 12.8 Å². The van der Waals surface area contributed by atoms with Crippen LogP contribution in [-0.2, 0) is 9.84 Å². The lowest BCUT2D eigenvalue weighted by Crippen LogP contribution is -2.10. The molecule has 6 heteroatoms. The van der Waals surface area contributed by atoms with Crippen LogP contribution in [-0.4, -0.2) is 25.7 Å². The largest absolute Gasteiger partial charge is 0.293 e. The molecule has 0 unspecified atom stereocenters. The van der Waals surface area contributed by atoms with Gasteiger partial charge in [0, 0.05) is 16.9 Å². The van der Waals surface area contributed by atoms with E-state index in [-0.39, 0.29) is 29.5 Å². The number of ketones is 1. The highest BCUT2D eigenvalue weighted by atomic mass is 32.2. The Labute approximate surface area is 121 Å². The standard InChI is InChI=1S/C14H15FO3S2/c1-2-20(17,18)7-3-4-12(16)14-9-10-8-11(15)5-6-13(10)19-14/h5-6,8-9H,2-4,7H2,1H3. The van der Waals surface area contributed by atoms with Crippen LogP contribution in [0.3, 0.4) is 0 Å². The number of carbonyl (C=O) groups excluding carboxylic acids is 1. The number of hydrogen-bond donors (Lipinski definition) is 0. The van der Waals surface area contributed by atoms with E-state index < -0.39 is 9.84 Å². The second-order valence-electron chi connectivity index (χ2n) is 4.56. The molecule has 0 N–H and O–H groups in total. The first-order chi connectivity index (χ1) is 9.41. The summed E-state index contributed by atoms with van der Waals surface area (Å²) in [6.07, 6.45) is 0.534. The molecular formula is C14H15FO3S2. The molecule has 0 fully saturated rings. The number of sulfone groups is 1. The number of fused-ring (bicyclic) bond motifs is 1. The second kappa shape index (κ2) is 6.01. The zero-order valence-corrected chi connectivity index (χ0v) is 12.7. The molecule has 0 amide bonds. The predicted molar refractivity (Wildman–Crippen MR) is 79.7 cm³/mol. The molecule has 1 heterocycles. The van der Waals surface area contributed by atoms with Crippen LogP contribution in [0.2, 0.25) is 0 Å². The van der Waals surface area contributed by atoms with Gasteiger partial charge in [-0.1, -0.05) is 6.92 Å². The predicted octanol–water partition coefficient (Wildman–Crippen LogP) is 3.44. The Balaban J connectivity index is 2.04. The van der Waals surface area contributed by atoms with Gasteiger partial charge in [-0.3, -0.25) is 4.79 Å². The molecule has 0 spiro atoms. The molecule has 0 saturated carbocycles. The number of benzene rings is 1. The van der Waals surface area contributed by atoms with E-state index in [0.29, 0.717) is 16.7 Å². The molecule has 20 heavy (non-hydrogen) atoms. The summed E-state index contributed by atoms with van der Waals surface area (Å²) in [5.41, 5.74) is 0. The molecule has 0 saturated heterocycles. The fraction of sp³-hybridized carbons (Fsp3) is 0.357. The van der Waals surface area contributed by atoms with E-state index in [1.807, 2.05) is 0 Å². The van der Waals surface area contributed by atoms with Crippen molar-refractivity contribution in [1.29, 1.82) is 0 Å². The van der Waals surface area contributed by atoms with Gasteiger partial charge in [0.1, 0.15) is 15.7 Å². The van der Waals surface area contributed by atoms with E-state index in [0.717, 1.165) is 4.70 Å². The zero-order valence-electron chi connectivity index (χ0n) is 11.1. The van der Waals surface area contributed by atoms with Gasteiger partial charge < -0.3 is 0 Å². The Kier molecular flexibility index (Phi) is 4.55. The van der Waals surface area contributed by atoms with Crippen LogP contribution in [0.15, 0.2) is 24.3 Å². The van der Waals surface area contributed by atoms with Gasteiger partial charge in [-0.05, 0) is 36.1 Å². The van der Waals surface area contributed by atoms with Gasteiger partial charge in [-0.15, -0.1) is 11.3 Å². The Morgan fingerprint density at radius 1 is 1.30 bits per heavy atom. The van der Waals surface area contributed by atoms with Gasteiger partial charge in [0.15, 0.2) is 5.78 Å². The first kappa shape index (κ1) is 15.1. The molecule has 1 aromatic carbocycles. The lowest BCUT2D eigenvalue weighted by molar-refractivity contribution is 0.0986. The third kappa shape index (κ3) is 3.64. The smallest absolute Gasteiger partial charge is 0.172 e. The monoisotopic (exact) mass is 314 g/mol. The number of thiophene rings is 1. The van der Waals surface area contributed by atoms with Crippen molar-refractivity contribution in [2.75, 3.05) is 11.5 Å². The summed E-state index contributed by atoms with van der Waals surface area (Å²) in [4.78, 5) is 12.6. The van der Waals surface area contributed by atoms with Crippen molar-refractivity contribution in [3.05, 3.63) is 35.0 Å². The maximum absolute atomic E-state index is 13.1. The van der Waals surface area contributed by atoms with E-state index >= 15 is 0 Å². The Morgan fingerprint density at radius 2 is 2.05 bits per heavy atom. The molecule has 108 valence electrons. The number of Topliss-reactive ketones (excluding diaryl/α,β-unsaturated/α-hetero) is 1. The van der Waals surface area contributed by atoms with Crippen LogP contribution in [0.4, 0.5) is 4.39 Å². The Hall–Kier alpha value is -1.27. The van der Waals surface area contributed by atoms with Crippen LogP contribution in [0, 0.1) is 5.82 Å². The highest BCUT2D eigenvalue weighted by molar-refractivity contribution is 7.91. The average Bonchev–Trinajstić information content (AvgIpc) is 2.81. The van der Waals surface area contributed by atoms with Crippen LogP contribution in [0.25, 0.3) is 10.1 Å². The van der Waals surface area contributed by atoms with Crippen molar-refractivity contribution in [2.24, 2.45) is 0 Å². The Morgan fingerprint density at radius 3 is 2.75 bits per heavy atom. The lowest BCUT2D eigenvalue weighted by Gasteiger charge is -1.99. The molecule has 0 atom stereocenters. The summed E-state index contributed by atoms with van der Waals surface area (Å²) in [5.74, 6) is -0.278. The third-order valence-corrected chi connectivity index (χ3v) is 6.00. The van der Waals surface area contributed by atoms with Crippen molar-refractivity contribution >= 4 is 37.0 Å². The quantitative estimate of drug-likeness (QED) is 0.768. The first-order valence-electron chi connectivity index (χ1n) is 6.34. The minimum absolute atomic E-state index is 0.0365. The van der Waals surface area contributed by atoms with Crippen molar-refractivity contribution in [3.63, 3.8) is 0 Å². The maximum Gasteiger partial charge on any atom is 0.172 e. The van der Waals surface area contributed by atoms with Crippen LogP contribution in [0.5, 0.6) is 0 Å². The second-order valence-corrected chi connectivity index (χ2v) is 8.11. The minimum Gasteiger partial charge on any atom is -0.293 e. The molecule has 1 aromatic heterocycles. The summed E-state index contributed by atoms with van der Waals surface area (Å²) in [6, 6.07) is 6.07. The average molecular weight is 314 g/mol. The zero-order chi connectivity index (χ0) is 14.8. The van der Waals surface area contributed by atoms with Crippen LogP contribution >= 0.6 is 11.3 Å². The van der Waals surface area contributed by atoms with E-state index in [4.69, 9.17) is 0 Å². The minimum atomic E-state index is -3.03. The van der Waals surface area contributed by atoms with Crippen molar-refractivity contribution in [3.8, 4) is 0 Å². The molecule has 2 aromatic rings. The van der Waals surface area contributed by atoms with Crippen molar-refractivity contribution in [2.45, 2.75) is 19.8 Å². The number of rotatable bonds is 6. The molecule has 0 bridgehead atoms. The number of hydrogen-bond acceptors (Lipinski definition) is 4. The molecule has 0 aliphatic carbocycles. The third-order valence-electron chi connectivity index (χ3n) is 3.05. The summed E-state index contributed by atoms with van der Waals surface area (Å²) < 4.78 is 36.6. The van der Waals surface area contributed by atoms with Gasteiger partial charge >= 0.3 is 0 Å². The lowest BCUT2D eigenvalue weighted by atomic mass is 10.2. The summed E-state index contributed by atoms with van der Waals surface area (Å²) in [6.45, 7) is 1.59. The van der Waals surface area contributed by atoms with Crippen LogP contribution in [0.1, 0.15) is 29.4 Å².